The van der Waals surface area contributed by atoms with Gasteiger partial charge in [0.1, 0.15) is 41.2 Å². The fraction of sp³-hybridized carbons (Fsp3) is 0.281. The number of hydrogen-bond donors (Lipinski definition) is 1. The van der Waals surface area contributed by atoms with Crippen LogP contribution in [0.3, 0.4) is 0 Å². The molecule has 2 aromatic carbocycles. The van der Waals surface area contributed by atoms with E-state index in [0.717, 1.165) is 34.3 Å². The molecule has 6 aromatic rings. The van der Waals surface area contributed by atoms with Gasteiger partial charge in [-0.15, -0.1) is 11.3 Å². The standard InChI is InChI=1S/C32H29F3N6O2S/c1-16-13-36-17(2)25-12-24(39-41(16)25)31-29(27-21(34)10-20(33)11-26(27)43-8-7-42-4)28-22(35)15-44-32(28)30(37-31)18-5-6-19-14-40(3)38-23(19)9-18/h5-6,9-12,14-17,36H,7-8,13H2,1-4H3/t16-,17+/m0/s1. The Morgan fingerprint density at radius 1 is 1.00 bits per heavy atom. The van der Waals surface area contributed by atoms with Crippen LogP contribution < -0.4 is 10.1 Å². The van der Waals surface area contributed by atoms with Gasteiger partial charge in [0.25, 0.3) is 0 Å². The summed E-state index contributed by atoms with van der Waals surface area (Å²) < 4.78 is 61.7. The van der Waals surface area contributed by atoms with Crippen LogP contribution in [0.1, 0.15) is 31.6 Å². The average Bonchev–Trinajstić information content (AvgIpc) is 3.71. The second-order valence-electron chi connectivity index (χ2n) is 11.0. The van der Waals surface area contributed by atoms with E-state index in [9.17, 15) is 4.39 Å². The van der Waals surface area contributed by atoms with Gasteiger partial charge in [-0.1, -0.05) is 12.1 Å². The number of nitrogens with one attached hydrogen (secondary N) is 1. The highest BCUT2D eigenvalue weighted by Crippen LogP contribution is 2.48. The Kier molecular flexibility index (Phi) is 7.14. The fourth-order valence-corrected chi connectivity index (χ4v) is 6.80. The molecule has 226 valence electrons. The normalized spacial score (nSPS) is 16.6. The average molecular weight is 619 g/mol. The fourth-order valence-electron chi connectivity index (χ4n) is 5.87. The largest absolute Gasteiger partial charge is 0.490 e. The molecule has 0 saturated carbocycles. The van der Waals surface area contributed by atoms with E-state index in [1.165, 1.54) is 23.8 Å². The van der Waals surface area contributed by atoms with E-state index in [2.05, 4.69) is 10.4 Å². The van der Waals surface area contributed by atoms with Crippen molar-refractivity contribution >= 4 is 32.3 Å². The quantitative estimate of drug-likeness (QED) is 0.193. The lowest BCUT2D eigenvalue weighted by Crippen LogP contribution is -2.34. The maximum absolute atomic E-state index is 16.0. The molecule has 0 amide bonds. The molecule has 1 aliphatic rings. The number of thiophene rings is 1. The molecule has 8 nitrogen and oxygen atoms in total. The predicted molar refractivity (Wildman–Crippen MR) is 164 cm³/mol. The third kappa shape index (κ3) is 4.73. The number of methoxy groups -OCH3 is 1. The van der Waals surface area contributed by atoms with E-state index in [1.54, 1.807) is 4.68 Å². The molecule has 4 aromatic heterocycles. The van der Waals surface area contributed by atoms with Crippen molar-refractivity contribution < 1.29 is 22.6 Å². The van der Waals surface area contributed by atoms with Crippen molar-refractivity contribution in [3.63, 3.8) is 0 Å². The first-order valence-corrected chi connectivity index (χ1v) is 15.1. The zero-order valence-electron chi connectivity index (χ0n) is 24.5. The van der Waals surface area contributed by atoms with Crippen LogP contribution in [-0.4, -0.2) is 51.4 Å². The minimum atomic E-state index is -0.901. The number of aryl methyl sites for hydroxylation is 1. The van der Waals surface area contributed by atoms with Crippen LogP contribution in [0.5, 0.6) is 5.75 Å². The number of rotatable bonds is 7. The van der Waals surface area contributed by atoms with Crippen molar-refractivity contribution in [2.45, 2.75) is 25.9 Å². The number of hydrogen-bond acceptors (Lipinski definition) is 7. The van der Waals surface area contributed by atoms with Gasteiger partial charge in [-0.2, -0.15) is 10.2 Å². The Hall–Kier alpha value is -4.26. The highest BCUT2D eigenvalue weighted by Gasteiger charge is 2.30. The van der Waals surface area contributed by atoms with E-state index in [4.69, 9.17) is 19.6 Å². The number of benzene rings is 2. The molecular formula is C32H29F3N6O2S. The molecule has 7 rings (SSSR count). The molecule has 2 atom stereocenters. The lowest BCUT2D eigenvalue weighted by atomic mass is 9.94. The van der Waals surface area contributed by atoms with Crippen LogP contribution in [-0.2, 0) is 11.8 Å². The van der Waals surface area contributed by atoms with Crippen LogP contribution >= 0.6 is 11.3 Å². The SMILES string of the molecule is COCCOc1cc(F)cc(F)c1-c1c(-c2cc3n(n2)[C@@H](C)CN[C@@H]3C)nc(-c2ccc3cn(C)nc3c2)c2scc(F)c12. The summed E-state index contributed by atoms with van der Waals surface area (Å²) in [5.41, 5.74) is 3.66. The Balaban J connectivity index is 1.56. The lowest BCUT2D eigenvalue weighted by molar-refractivity contribution is 0.146. The van der Waals surface area contributed by atoms with Crippen LogP contribution in [0.15, 0.2) is 48.0 Å². The Bertz CT molecular complexity index is 2020. The van der Waals surface area contributed by atoms with Crippen molar-refractivity contribution in [3.8, 4) is 39.5 Å². The van der Waals surface area contributed by atoms with E-state index in [-0.39, 0.29) is 53.3 Å². The molecule has 0 saturated heterocycles. The molecule has 12 heteroatoms. The summed E-state index contributed by atoms with van der Waals surface area (Å²) in [6.45, 7) is 5.02. The second-order valence-corrected chi connectivity index (χ2v) is 11.9. The monoisotopic (exact) mass is 618 g/mol. The number of pyridine rings is 1. The van der Waals surface area contributed by atoms with Crippen molar-refractivity contribution in [2.75, 3.05) is 26.9 Å². The van der Waals surface area contributed by atoms with Gasteiger partial charge in [0.05, 0.1) is 39.8 Å². The molecule has 0 fully saturated rings. The van der Waals surface area contributed by atoms with Gasteiger partial charge in [0, 0.05) is 72.4 Å². The first kappa shape index (κ1) is 28.5. The van der Waals surface area contributed by atoms with Gasteiger partial charge in [0.2, 0.25) is 0 Å². The van der Waals surface area contributed by atoms with Gasteiger partial charge in [-0.25, -0.2) is 18.2 Å². The van der Waals surface area contributed by atoms with Crippen LogP contribution in [0, 0.1) is 17.5 Å². The van der Waals surface area contributed by atoms with E-state index in [1.807, 2.05) is 56.0 Å². The molecule has 0 unspecified atom stereocenters. The first-order valence-electron chi connectivity index (χ1n) is 14.2. The molecule has 0 spiro atoms. The second kappa shape index (κ2) is 11.0. The van der Waals surface area contributed by atoms with Crippen molar-refractivity contribution in [1.29, 1.82) is 0 Å². The highest BCUT2D eigenvalue weighted by atomic mass is 32.1. The van der Waals surface area contributed by atoms with Crippen LogP contribution in [0.2, 0.25) is 0 Å². The number of halogens is 3. The van der Waals surface area contributed by atoms with E-state index < -0.39 is 17.5 Å². The summed E-state index contributed by atoms with van der Waals surface area (Å²) in [7, 11) is 3.35. The molecule has 44 heavy (non-hydrogen) atoms. The summed E-state index contributed by atoms with van der Waals surface area (Å²) in [6, 6.07) is 9.57. The van der Waals surface area contributed by atoms with Gasteiger partial charge in [-0.3, -0.25) is 9.36 Å². The van der Waals surface area contributed by atoms with Crippen molar-refractivity contribution in [2.24, 2.45) is 7.05 Å². The van der Waals surface area contributed by atoms with E-state index in [0.29, 0.717) is 22.6 Å². The summed E-state index contributed by atoms with van der Waals surface area (Å²) in [5, 5.41) is 15.4. The van der Waals surface area contributed by atoms with E-state index >= 15 is 8.78 Å². The number of nitrogens with zero attached hydrogens (tertiary/aromatic N) is 5. The molecule has 0 bridgehead atoms. The summed E-state index contributed by atoms with van der Waals surface area (Å²) >= 11 is 1.17. The van der Waals surface area contributed by atoms with Gasteiger partial charge >= 0.3 is 0 Å². The molecule has 0 radical (unpaired) electrons. The van der Waals surface area contributed by atoms with Crippen molar-refractivity contribution in [3.05, 3.63) is 71.1 Å². The smallest absolute Gasteiger partial charge is 0.142 e. The first-order chi connectivity index (χ1) is 21.2. The van der Waals surface area contributed by atoms with Crippen LogP contribution in [0.4, 0.5) is 13.2 Å². The zero-order valence-corrected chi connectivity index (χ0v) is 25.3. The Labute approximate surface area is 255 Å². The minimum absolute atomic E-state index is 0.000886. The highest BCUT2D eigenvalue weighted by molar-refractivity contribution is 7.17. The lowest BCUT2D eigenvalue weighted by Gasteiger charge is -2.27. The van der Waals surface area contributed by atoms with Gasteiger partial charge in [-0.05, 0) is 26.0 Å². The van der Waals surface area contributed by atoms with Crippen molar-refractivity contribution in [1.82, 2.24) is 29.9 Å². The minimum Gasteiger partial charge on any atom is -0.490 e. The van der Waals surface area contributed by atoms with Gasteiger partial charge < -0.3 is 14.8 Å². The zero-order chi connectivity index (χ0) is 30.7. The Morgan fingerprint density at radius 2 is 1.84 bits per heavy atom. The molecule has 1 N–H and O–H groups in total. The number of ether oxygens (including phenoxy) is 2. The summed E-state index contributed by atoms with van der Waals surface area (Å²) in [5.74, 6) is -2.35. The predicted octanol–water partition coefficient (Wildman–Crippen LogP) is 7.05. The molecular weight excluding hydrogens is 589 g/mol. The third-order valence-corrected chi connectivity index (χ3v) is 8.93. The Morgan fingerprint density at radius 3 is 2.64 bits per heavy atom. The molecule has 5 heterocycles. The molecule has 0 aliphatic carbocycles. The maximum Gasteiger partial charge on any atom is 0.142 e. The number of aromatic nitrogens is 5. The third-order valence-electron chi connectivity index (χ3n) is 7.97. The summed E-state index contributed by atoms with van der Waals surface area (Å²) in [6.07, 6.45) is 1.91. The maximum atomic E-state index is 16.0. The summed E-state index contributed by atoms with van der Waals surface area (Å²) in [4.78, 5) is 5.11. The topological polar surface area (TPSA) is 79.0 Å². The number of fused-ring (bicyclic) bond motifs is 3. The van der Waals surface area contributed by atoms with Gasteiger partial charge in [0.15, 0.2) is 0 Å². The van der Waals surface area contributed by atoms with Crippen LogP contribution in [0.25, 0.3) is 54.8 Å². The molecule has 1 aliphatic heterocycles.